The Morgan fingerprint density at radius 3 is 0.766 bits per heavy atom. The van der Waals surface area contributed by atoms with Gasteiger partial charge in [0, 0.05) is 19.3 Å². The SMILES string of the molecule is CC/C=C\C/C=C\C/C=C\C/C=C\C/C=C\C/C=C\CCC(=O)OC(COC(=O)CCCCCCCCCCCCCCCCCCCCC)COC(=O)CCCCCCCCCCCCCCCCCCCCCCC. The number of carbonyl (C=O) groups is 3. The van der Waals surface area contributed by atoms with Crippen LogP contribution in [0.1, 0.15) is 342 Å². The summed E-state index contributed by atoms with van der Waals surface area (Å²) in [7, 11) is 0. The maximum atomic E-state index is 12.9. The molecule has 0 aromatic rings. The Kier molecular flexibility index (Phi) is 62.7. The molecule has 0 bridgehead atoms. The van der Waals surface area contributed by atoms with Gasteiger partial charge in [0.1, 0.15) is 13.2 Å². The maximum absolute atomic E-state index is 12.9. The highest BCUT2D eigenvalue weighted by atomic mass is 16.6. The van der Waals surface area contributed by atoms with Gasteiger partial charge in [0.25, 0.3) is 0 Å². The van der Waals surface area contributed by atoms with Crippen LogP contribution in [0.4, 0.5) is 0 Å². The topological polar surface area (TPSA) is 78.9 Å². The Balaban J connectivity index is 4.42. The monoisotopic (exact) mass is 1070 g/mol. The van der Waals surface area contributed by atoms with Crippen molar-refractivity contribution >= 4 is 17.9 Å². The fourth-order valence-electron chi connectivity index (χ4n) is 9.77. The smallest absolute Gasteiger partial charge is 0.306 e. The number of hydrogen-bond donors (Lipinski definition) is 0. The minimum absolute atomic E-state index is 0.101. The molecule has 0 aromatic heterocycles. The first kappa shape index (κ1) is 73.8. The molecule has 6 nitrogen and oxygen atoms in total. The number of hydrogen-bond acceptors (Lipinski definition) is 6. The first-order chi connectivity index (χ1) is 38.0. The third-order valence-electron chi connectivity index (χ3n) is 14.7. The lowest BCUT2D eigenvalue weighted by Crippen LogP contribution is -2.30. The summed E-state index contributed by atoms with van der Waals surface area (Å²) < 4.78 is 16.9. The lowest BCUT2D eigenvalue weighted by molar-refractivity contribution is -0.166. The van der Waals surface area contributed by atoms with E-state index in [9.17, 15) is 14.4 Å². The van der Waals surface area contributed by atoms with Crippen LogP contribution in [-0.4, -0.2) is 37.2 Å². The molecule has 0 saturated carbocycles. The minimum Gasteiger partial charge on any atom is -0.462 e. The van der Waals surface area contributed by atoms with Gasteiger partial charge in [0.15, 0.2) is 6.10 Å². The first-order valence-electron chi connectivity index (χ1n) is 33.4. The van der Waals surface area contributed by atoms with Crippen LogP contribution in [0.3, 0.4) is 0 Å². The third kappa shape index (κ3) is 63.6. The van der Waals surface area contributed by atoms with Crippen LogP contribution in [-0.2, 0) is 28.6 Å². The van der Waals surface area contributed by atoms with Crippen LogP contribution in [0.25, 0.3) is 0 Å². The van der Waals surface area contributed by atoms with Crippen molar-refractivity contribution in [1.82, 2.24) is 0 Å². The fourth-order valence-corrected chi connectivity index (χ4v) is 9.77. The Labute approximate surface area is 478 Å². The van der Waals surface area contributed by atoms with Gasteiger partial charge in [0.2, 0.25) is 0 Å². The second-order valence-electron chi connectivity index (χ2n) is 22.4. The summed E-state index contributed by atoms with van der Waals surface area (Å²) in [5, 5.41) is 0. The molecular formula is C71H126O6. The summed E-state index contributed by atoms with van der Waals surface area (Å²) in [4.78, 5) is 38.4. The molecule has 0 fully saturated rings. The van der Waals surface area contributed by atoms with Gasteiger partial charge in [0.05, 0.1) is 0 Å². The van der Waals surface area contributed by atoms with E-state index in [2.05, 4.69) is 87.6 Å². The van der Waals surface area contributed by atoms with Crippen molar-refractivity contribution in [3.63, 3.8) is 0 Å². The molecular weight excluding hydrogens is 949 g/mol. The van der Waals surface area contributed by atoms with Crippen LogP contribution >= 0.6 is 0 Å². The van der Waals surface area contributed by atoms with Crippen molar-refractivity contribution in [2.75, 3.05) is 13.2 Å². The van der Waals surface area contributed by atoms with Gasteiger partial charge in [-0.25, -0.2) is 0 Å². The predicted octanol–water partition coefficient (Wildman–Crippen LogP) is 22.9. The number of carbonyl (C=O) groups excluding carboxylic acids is 3. The van der Waals surface area contributed by atoms with Crippen molar-refractivity contribution < 1.29 is 28.6 Å². The molecule has 0 radical (unpaired) electrons. The Morgan fingerprint density at radius 1 is 0.273 bits per heavy atom. The molecule has 0 amide bonds. The number of ether oxygens (including phenoxy) is 3. The predicted molar refractivity (Wildman–Crippen MR) is 335 cm³/mol. The van der Waals surface area contributed by atoms with Crippen molar-refractivity contribution in [3.8, 4) is 0 Å². The van der Waals surface area contributed by atoms with E-state index in [1.807, 2.05) is 6.08 Å². The molecule has 0 spiro atoms. The quantitative estimate of drug-likeness (QED) is 0.0261. The van der Waals surface area contributed by atoms with Gasteiger partial charge in [-0.2, -0.15) is 0 Å². The molecule has 1 unspecified atom stereocenters. The average Bonchev–Trinajstić information content (AvgIpc) is 3.43. The molecule has 0 aliphatic heterocycles. The normalized spacial score (nSPS) is 12.5. The Bertz CT molecular complexity index is 1420. The van der Waals surface area contributed by atoms with Gasteiger partial charge < -0.3 is 14.2 Å². The number of unbranched alkanes of at least 4 members (excludes halogenated alkanes) is 38. The summed E-state index contributed by atoms with van der Waals surface area (Å²) in [6.45, 7) is 6.53. The van der Waals surface area contributed by atoms with E-state index in [1.54, 1.807) is 0 Å². The molecule has 0 aromatic carbocycles. The molecule has 446 valence electrons. The van der Waals surface area contributed by atoms with Crippen LogP contribution in [0.5, 0.6) is 0 Å². The summed E-state index contributed by atoms with van der Waals surface area (Å²) in [6.07, 6.45) is 85.0. The summed E-state index contributed by atoms with van der Waals surface area (Å²) in [5.41, 5.74) is 0. The minimum atomic E-state index is -0.814. The lowest BCUT2D eigenvalue weighted by Gasteiger charge is -2.18. The first-order valence-corrected chi connectivity index (χ1v) is 33.4. The van der Waals surface area contributed by atoms with Crippen LogP contribution in [0.2, 0.25) is 0 Å². The van der Waals surface area contributed by atoms with Crippen molar-refractivity contribution in [2.45, 2.75) is 348 Å². The highest BCUT2D eigenvalue weighted by Gasteiger charge is 2.19. The van der Waals surface area contributed by atoms with E-state index < -0.39 is 6.10 Å². The van der Waals surface area contributed by atoms with Crippen molar-refractivity contribution in [1.29, 1.82) is 0 Å². The summed E-state index contributed by atoms with van der Waals surface area (Å²) >= 11 is 0. The molecule has 0 heterocycles. The molecule has 77 heavy (non-hydrogen) atoms. The van der Waals surface area contributed by atoms with Gasteiger partial charge in [-0.3, -0.25) is 14.4 Å². The van der Waals surface area contributed by atoms with Gasteiger partial charge >= 0.3 is 17.9 Å². The number of allylic oxidation sites excluding steroid dienone is 12. The number of esters is 3. The Morgan fingerprint density at radius 2 is 0.506 bits per heavy atom. The zero-order valence-corrected chi connectivity index (χ0v) is 51.2. The zero-order valence-electron chi connectivity index (χ0n) is 51.2. The van der Waals surface area contributed by atoms with E-state index >= 15 is 0 Å². The van der Waals surface area contributed by atoms with Gasteiger partial charge in [-0.05, 0) is 57.8 Å². The standard InChI is InChI=1S/C71H126O6/c1-4-7-10-13-16-19-22-25-28-31-34-35-38-40-43-46-49-52-55-58-61-64-70(73)76-67-68(77-71(74)65-62-59-56-53-50-47-44-41-37-33-30-27-24-21-18-15-12-9-6-3)66-75-69(72)63-60-57-54-51-48-45-42-39-36-32-29-26-23-20-17-14-11-8-5-2/h9,12,18,21,27,30,37,41,47,50,56,59,68H,4-8,10-11,13-17,19-20,22-26,28-29,31-36,38-40,42-46,48-49,51-55,57-58,60-67H2,1-3H3/b12-9-,21-18-,30-27-,41-37-,50-47-,59-56-. The Hall–Kier alpha value is -3.15. The van der Waals surface area contributed by atoms with Gasteiger partial charge in [-0.15, -0.1) is 0 Å². The van der Waals surface area contributed by atoms with Crippen molar-refractivity contribution in [3.05, 3.63) is 72.9 Å². The molecule has 0 rings (SSSR count). The van der Waals surface area contributed by atoms with E-state index in [0.717, 1.165) is 77.0 Å². The van der Waals surface area contributed by atoms with Crippen molar-refractivity contribution in [2.24, 2.45) is 0 Å². The van der Waals surface area contributed by atoms with E-state index in [-0.39, 0.29) is 37.5 Å². The fraction of sp³-hybridized carbons (Fsp3) is 0.789. The molecule has 1 atom stereocenters. The average molecular weight is 1080 g/mol. The van der Waals surface area contributed by atoms with E-state index in [4.69, 9.17) is 14.2 Å². The largest absolute Gasteiger partial charge is 0.462 e. The third-order valence-corrected chi connectivity index (χ3v) is 14.7. The molecule has 6 heteroatoms. The second-order valence-corrected chi connectivity index (χ2v) is 22.4. The van der Waals surface area contributed by atoms with Crippen LogP contribution < -0.4 is 0 Å². The highest BCUT2D eigenvalue weighted by Crippen LogP contribution is 2.18. The maximum Gasteiger partial charge on any atom is 0.306 e. The molecule has 0 saturated heterocycles. The van der Waals surface area contributed by atoms with Crippen LogP contribution in [0, 0.1) is 0 Å². The van der Waals surface area contributed by atoms with E-state index in [0.29, 0.717) is 19.3 Å². The van der Waals surface area contributed by atoms with E-state index in [1.165, 1.54) is 218 Å². The number of rotatable bonds is 61. The van der Waals surface area contributed by atoms with Crippen LogP contribution in [0.15, 0.2) is 72.9 Å². The molecule has 0 aliphatic carbocycles. The van der Waals surface area contributed by atoms with Gasteiger partial charge in [-0.1, -0.05) is 338 Å². The highest BCUT2D eigenvalue weighted by molar-refractivity contribution is 5.71. The lowest BCUT2D eigenvalue weighted by atomic mass is 10.0. The summed E-state index contributed by atoms with van der Waals surface area (Å²) in [6, 6.07) is 0. The zero-order chi connectivity index (χ0) is 55.7. The summed E-state index contributed by atoms with van der Waals surface area (Å²) in [5.74, 6) is -0.964. The molecule has 0 N–H and O–H groups in total. The molecule has 0 aliphatic rings. The second kappa shape index (κ2) is 65.4.